The van der Waals surface area contributed by atoms with Crippen molar-refractivity contribution in [2.24, 2.45) is 5.73 Å². The maximum absolute atomic E-state index is 9.02. The molecule has 0 aliphatic heterocycles. The summed E-state index contributed by atoms with van der Waals surface area (Å²) in [6, 6.07) is 8.33. The molecule has 1 aromatic rings. The molecule has 0 heterocycles. The summed E-state index contributed by atoms with van der Waals surface area (Å²) in [5.74, 6) is 0.528. The highest BCUT2D eigenvalue weighted by Crippen LogP contribution is 2.42. The summed E-state index contributed by atoms with van der Waals surface area (Å²) >= 11 is 3.41. The molecule has 1 aliphatic rings. The Morgan fingerprint density at radius 1 is 1.36 bits per heavy atom. The van der Waals surface area contributed by atoms with E-state index in [1.54, 1.807) is 0 Å². The highest BCUT2D eigenvalue weighted by Gasteiger charge is 2.40. The topological polar surface area (TPSA) is 46.2 Å². The molecule has 0 unspecified atom stereocenters. The van der Waals surface area contributed by atoms with Crippen molar-refractivity contribution in [1.29, 1.82) is 0 Å². The van der Waals surface area contributed by atoms with Gasteiger partial charge in [0.05, 0.1) is 6.61 Å². The molecule has 0 radical (unpaired) electrons. The Morgan fingerprint density at radius 3 is 2.43 bits per heavy atom. The number of aliphatic hydroxyl groups is 1. The number of hydrogen-bond donors (Lipinski definition) is 2. The van der Waals surface area contributed by atoms with Gasteiger partial charge in [0.1, 0.15) is 0 Å². The minimum atomic E-state index is -0.322. The van der Waals surface area contributed by atoms with Crippen LogP contribution < -0.4 is 5.73 Å². The zero-order valence-corrected chi connectivity index (χ0v) is 9.50. The fraction of sp³-hybridized carbons (Fsp3) is 0.455. The fourth-order valence-electron chi connectivity index (χ4n) is 2.02. The van der Waals surface area contributed by atoms with Crippen LogP contribution in [0.5, 0.6) is 0 Å². The Morgan fingerprint density at radius 2 is 1.93 bits per heavy atom. The van der Waals surface area contributed by atoms with Crippen molar-refractivity contribution in [2.45, 2.75) is 24.3 Å². The first-order chi connectivity index (χ1) is 6.63. The molecule has 0 bridgehead atoms. The summed E-state index contributed by atoms with van der Waals surface area (Å²) in [4.78, 5) is 0. The minimum Gasteiger partial charge on any atom is -0.394 e. The standard InChI is InChI=1S/C11H14BrNO/c12-10-3-1-8(2-4-10)9-5-11(13,6-9)7-14/h1-4,9,14H,5-7,13H2. The van der Waals surface area contributed by atoms with Crippen LogP contribution in [0, 0.1) is 0 Å². The molecule has 14 heavy (non-hydrogen) atoms. The molecule has 2 rings (SSSR count). The average molecular weight is 256 g/mol. The molecule has 2 nitrogen and oxygen atoms in total. The van der Waals surface area contributed by atoms with Gasteiger partial charge in [-0.2, -0.15) is 0 Å². The van der Waals surface area contributed by atoms with E-state index < -0.39 is 0 Å². The molecule has 3 N–H and O–H groups in total. The molecule has 1 fully saturated rings. The van der Waals surface area contributed by atoms with Crippen LogP contribution in [0.1, 0.15) is 24.3 Å². The van der Waals surface area contributed by atoms with Crippen LogP contribution in [0.15, 0.2) is 28.7 Å². The van der Waals surface area contributed by atoms with Crippen LogP contribution in [-0.2, 0) is 0 Å². The van der Waals surface area contributed by atoms with Gasteiger partial charge in [-0.1, -0.05) is 28.1 Å². The van der Waals surface area contributed by atoms with Crippen LogP contribution in [0.4, 0.5) is 0 Å². The number of hydrogen-bond acceptors (Lipinski definition) is 2. The molecule has 3 heteroatoms. The average Bonchev–Trinajstić information content (AvgIpc) is 2.15. The highest BCUT2D eigenvalue weighted by atomic mass is 79.9. The minimum absolute atomic E-state index is 0.0973. The van der Waals surface area contributed by atoms with E-state index >= 15 is 0 Å². The summed E-state index contributed by atoms with van der Waals surface area (Å²) in [7, 11) is 0. The number of rotatable bonds is 2. The quantitative estimate of drug-likeness (QED) is 0.850. The number of benzene rings is 1. The SMILES string of the molecule is NC1(CO)CC(c2ccc(Br)cc2)C1. The number of nitrogens with two attached hydrogens (primary N) is 1. The molecule has 1 aliphatic carbocycles. The predicted molar refractivity (Wildman–Crippen MR) is 60.1 cm³/mol. The predicted octanol–water partition coefficient (Wildman–Crippen LogP) is 2.02. The van der Waals surface area contributed by atoms with Gasteiger partial charge in [-0.3, -0.25) is 0 Å². The molecule has 0 saturated heterocycles. The summed E-state index contributed by atoms with van der Waals surface area (Å²) in [6.45, 7) is 0.0973. The van der Waals surface area contributed by atoms with E-state index in [1.165, 1.54) is 5.56 Å². The van der Waals surface area contributed by atoms with Crippen molar-refractivity contribution in [1.82, 2.24) is 0 Å². The molecule has 1 saturated carbocycles. The third-order valence-corrected chi connectivity index (χ3v) is 3.49. The van der Waals surface area contributed by atoms with Gasteiger partial charge in [0.25, 0.3) is 0 Å². The van der Waals surface area contributed by atoms with Crippen LogP contribution in [-0.4, -0.2) is 17.3 Å². The van der Waals surface area contributed by atoms with E-state index in [0.29, 0.717) is 5.92 Å². The molecular weight excluding hydrogens is 242 g/mol. The van der Waals surface area contributed by atoms with Crippen molar-refractivity contribution < 1.29 is 5.11 Å². The van der Waals surface area contributed by atoms with Crippen LogP contribution in [0.2, 0.25) is 0 Å². The normalized spacial score (nSPS) is 31.2. The smallest absolute Gasteiger partial charge is 0.0611 e. The van der Waals surface area contributed by atoms with Gasteiger partial charge in [0.15, 0.2) is 0 Å². The largest absolute Gasteiger partial charge is 0.394 e. The van der Waals surface area contributed by atoms with Crippen LogP contribution in [0.25, 0.3) is 0 Å². The highest BCUT2D eigenvalue weighted by molar-refractivity contribution is 9.10. The van der Waals surface area contributed by atoms with E-state index in [4.69, 9.17) is 10.8 Å². The Labute approximate surface area is 92.3 Å². The van der Waals surface area contributed by atoms with Gasteiger partial charge in [0.2, 0.25) is 0 Å². The lowest BCUT2D eigenvalue weighted by atomic mass is 9.66. The first-order valence-corrected chi connectivity index (χ1v) is 5.57. The summed E-state index contributed by atoms with van der Waals surface area (Å²) in [5.41, 5.74) is 6.90. The third kappa shape index (κ3) is 1.85. The van der Waals surface area contributed by atoms with E-state index in [-0.39, 0.29) is 12.1 Å². The van der Waals surface area contributed by atoms with Crippen LogP contribution in [0.3, 0.4) is 0 Å². The fourth-order valence-corrected chi connectivity index (χ4v) is 2.29. The second-order valence-electron chi connectivity index (χ2n) is 4.18. The molecule has 76 valence electrons. The Hall–Kier alpha value is -0.380. The van der Waals surface area contributed by atoms with Crippen molar-refractivity contribution in [3.8, 4) is 0 Å². The number of halogens is 1. The maximum atomic E-state index is 9.02. The zero-order valence-electron chi connectivity index (χ0n) is 7.91. The second-order valence-corrected chi connectivity index (χ2v) is 5.09. The number of aliphatic hydroxyl groups excluding tert-OH is 1. The van der Waals surface area contributed by atoms with E-state index in [1.807, 2.05) is 12.1 Å². The maximum Gasteiger partial charge on any atom is 0.0611 e. The van der Waals surface area contributed by atoms with Gasteiger partial charge < -0.3 is 10.8 Å². The lowest BCUT2D eigenvalue weighted by Crippen LogP contribution is -2.53. The second kappa shape index (κ2) is 3.65. The van der Waals surface area contributed by atoms with Crippen LogP contribution >= 0.6 is 15.9 Å². The van der Waals surface area contributed by atoms with Gasteiger partial charge in [0, 0.05) is 10.0 Å². The monoisotopic (exact) mass is 255 g/mol. The Kier molecular flexibility index (Phi) is 2.64. The van der Waals surface area contributed by atoms with E-state index in [0.717, 1.165) is 17.3 Å². The molecule has 0 aromatic heterocycles. The lowest BCUT2D eigenvalue weighted by Gasteiger charge is -2.44. The molecular formula is C11H14BrNO. The first-order valence-electron chi connectivity index (χ1n) is 4.78. The van der Waals surface area contributed by atoms with E-state index in [9.17, 15) is 0 Å². The Bertz CT molecular complexity index is 317. The third-order valence-electron chi connectivity index (χ3n) is 2.96. The van der Waals surface area contributed by atoms with Gasteiger partial charge in [-0.05, 0) is 36.5 Å². The van der Waals surface area contributed by atoms with Crippen molar-refractivity contribution in [3.63, 3.8) is 0 Å². The first kappa shape index (κ1) is 10.1. The zero-order chi connectivity index (χ0) is 10.2. The van der Waals surface area contributed by atoms with Gasteiger partial charge in [-0.15, -0.1) is 0 Å². The van der Waals surface area contributed by atoms with E-state index in [2.05, 4.69) is 28.1 Å². The lowest BCUT2D eigenvalue weighted by molar-refractivity contribution is 0.106. The summed E-state index contributed by atoms with van der Waals surface area (Å²) < 4.78 is 1.10. The molecule has 0 amide bonds. The Balaban J connectivity index is 2.03. The van der Waals surface area contributed by atoms with Crippen molar-refractivity contribution >= 4 is 15.9 Å². The van der Waals surface area contributed by atoms with Crippen molar-refractivity contribution in [3.05, 3.63) is 34.3 Å². The molecule has 0 atom stereocenters. The van der Waals surface area contributed by atoms with Gasteiger partial charge >= 0.3 is 0 Å². The molecule has 1 aromatic carbocycles. The molecule has 0 spiro atoms. The summed E-state index contributed by atoms with van der Waals surface area (Å²) in [5, 5.41) is 9.02. The summed E-state index contributed by atoms with van der Waals surface area (Å²) in [6.07, 6.45) is 1.79. The van der Waals surface area contributed by atoms with Crippen molar-refractivity contribution in [2.75, 3.05) is 6.61 Å². The van der Waals surface area contributed by atoms with Gasteiger partial charge in [-0.25, -0.2) is 0 Å².